The molecule has 0 aromatic carbocycles. The maximum absolute atomic E-state index is 5.58. The van der Waals surface area contributed by atoms with Crippen LogP contribution in [0.2, 0.25) is 0 Å². The Morgan fingerprint density at radius 1 is 1.06 bits per heavy atom. The molecule has 3 heterocycles. The number of likely N-dealkylation sites (tertiary alicyclic amines) is 1. The molecule has 7 heteroatoms. The van der Waals surface area contributed by atoms with Crippen LogP contribution in [-0.4, -0.2) is 45.0 Å². The van der Waals surface area contributed by atoms with Crippen LogP contribution in [0, 0.1) is 0 Å². The molecule has 2 aliphatic heterocycles. The van der Waals surface area contributed by atoms with Gasteiger partial charge in [0, 0.05) is 25.2 Å². The minimum Gasteiger partial charge on any atom is -0.368 e. The van der Waals surface area contributed by atoms with E-state index in [1.807, 2.05) is 0 Å². The highest BCUT2D eigenvalue weighted by molar-refractivity contribution is 5.25. The summed E-state index contributed by atoms with van der Waals surface area (Å²) in [6, 6.07) is 1.29. The van der Waals surface area contributed by atoms with Gasteiger partial charge in [0.2, 0.25) is 11.9 Å². The molecule has 7 nitrogen and oxygen atoms in total. The zero-order valence-electron chi connectivity index (χ0n) is 10.3. The van der Waals surface area contributed by atoms with Gasteiger partial charge in [-0.2, -0.15) is 15.0 Å². The summed E-state index contributed by atoms with van der Waals surface area (Å²) >= 11 is 0. The van der Waals surface area contributed by atoms with Gasteiger partial charge in [0.1, 0.15) is 5.82 Å². The van der Waals surface area contributed by atoms with E-state index in [4.69, 9.17) is 11.5 Å². The van der Waals surface area contributed by atoms with Crippen LogP contribution in [0.1, 0.15) is 25.1 Å². The molecule has 1 aromatic rings. The lowest BCUT2D eigenvalue weighted by Crippen LogP contribution is -2.35. The van der Waals surface area contributed by atoms with E-state index in [-0.39, 0.29) is 11.9 Å². The molecule has 2 saturated heterocycles. The highest BCUT2D eigenvalue weighted by Gasteiger charge is 2.29. The van der Waals surface area contributed by atoms with Crippen molar-refractivity contribution in [2.75, 3.05) is 24.6 Å². The highest BCUT2D eigenvalue weighted by Crippen LogP contribution is 2.21. The highest BCUT2D eigenvalue weighted by atomic mass is 15.2. The topological polar surface area (TPSA) is 106 Å². The molecule has 2 atom stereocenters. The van der Waals surface area contributed by atoms with Gasteiger partial charge in [-0.15, -0.1) is 0 Å². The Bertz CT molecular complexity index is 415. The van der Waals surface area contributed by atoms with E-state index in [9.17, 15) is 0 Å². The van der Waals surface area contributed by atoms with Gasteiger partial charge in [0.25, 0.3) is 0 Å². The summed E-state index contributed by atoms with van der Waals surface area (Å²) < 4.78 is 0. The summed E-state index contributed by atoms with van der Waals surface area (Å²) in [4.78, 5) is 14.4. The fourth-order valence-electron chi connectivity index (χ4n) is 2.89. The Morgan fingerprint density at radius 2 is 1.78 bits per heavy atom. The first-order chi connectivity index (χ1) is 8.69. The normalized spacial score (nSPS) is 28.2. The number of aromatic nitrogens is 3. The van der Waals surface area contributed by atoms with E-state index in [2.05, 4.69) is 25.2 Å². The Kier molecular flexibility index (Phi) is 3.00. The SMILES string of the molecule is Nc1nc(N)nc(CN2CCC3CCC(C2)N3)n1. The second-order valence-corrected chi connectivity index (χ2v) is 5.13. The number of nitrogen functional groups attached to an aromatic ring is 2. The average Bonchev–Trinajstić information content (AvgIpc) is 2.61. The van der Waals surface area contributed by atoms with Gasteiger partial charge in [-0.25, -0.2) is 0 Å². The number of nitrogens with two attached hydrogens (primary N) is 2. The molecule has 98 valence electrons. The fraction of sp³-hybridized carbons (Fsp3) is 0.727. The number of rotatable bonds is 2. The Balaban J connectivity index is 1.68. The minimum absolute atomic E-state index is 0.201. The quantitative estimate of drug-likeness (QED) is 0.640. The van der Waals surface area contributed by atoms with Crippen LogP contribution in [0.5, 0.6) is 0 Å². The van der Waals surface area contributed by atoms with E-state index >= 15 is 0 Å². The molecule has 2 unspecified atom stereocenters. The molecular formula is C11H19N7. The molecule has 0 radical (unpaired) electrons. The van der Waals surface area contributed by atoms with Crippen LogP contribution in [0.3, 0.4) is 0 Å². The standard InChI is InChI=1S/C11H19N7/c12-10-15-9(16-11(13)17-10)6-18-4-3-7-1-2-8(5-18)14-7/h7-8,14H,1-6H2,(H4,12,13,15,16,17). The van der Waals surface area contributed by atoms with E-state index in [1.165, 1.54) is 19.3 Å². The van der Waals surface area contributed by atoms with Crippen LogP contribution < -0.4 is 16.8 Å². The van der Waals surface area contributed by atoms with Crippen molar-refractivity contribution in [1.82, 2.24) is 25.2 Å². The van der Waals surface area contributed by atoms with Gasteiger partial charge in [-0.1, -0.05) is 0 Å². The summed E-state index contributed by atoms with van der Waals surface area (Å²) in [5.74, 6) is 1.07. The molecule has 18 heavy (non-hydrogen) atoms. The molecule has 5 N–H and O–H groups in total. The molecule has 2 fully saturated rings. The number of nitrogens with zero attached hydrogens (tertiary/aromatic N) is 4. The number of fused-ring (bicyclic) bond motifs is 2. The third-order valence-corrected chi connectivity index (χ3v) is 3.69. The van der Waals surface area contributed by atoms with Gasteiger partial charge in [0.15, 0.2) is 0 Å². The third kappa shape index (κ3) is 2.51. The van der Waals surface area contributed by atoms with E-state index < -0.39 is 0 Å². The first-order valence-electron chi connectivity index (χ1n) is 6.43. The van der Waals surface area contributed by atoms with Crippen molar-refractivity contribution in [2.24, 2.45) is 0 Å². The number of hydrogen-bond acceptors (Lipinski definition) is 7. The zero-order chi connectivity index (χ0) is 12.5. The van der Waals surface area contributed by atoms with Gasteiger partial charge in [0.05, 0.1) is 6.54 Å². The smallest absolute Gasteiger partial charge is 0.225 e. The summed E-state index contributed by atoms with van der Waals surface area (Å²) in [5.41, 5.74) is 11.2. The summed E-state index contributed by atoms with van der Waals surface area (Å²) in [6.07, 6.45) is 3.76. The summed E-state index contributed by atoms with van der Waals surface area (Å²) in [7, 11) is 0. The van der Waals surface area contributed by atoms with Crippen molar-refractivity contribution < 1.29 is 0 Å². The molecule has 0 amide bonds. The van der Waals surface area contributed by atoms with Crippen molar-refractivity contribution in [3.05, 3.63) is 5.82 Å². The Labute approximate surface area is 106 Å². The monoisotopic (exact) mass is 249 g/mol. The van der Waals surface area contributed by atoms with Crippen LogP contribution in [0.15, 0.2) is 0 Å². The lowest BCUT2D eigenvalue weighted by atomic mass is 10.1. The summed E-state index contributed by atoms with van der Waals surface area (Å²) in [6.45, 7) is 2.81. The van der Waals surface area contributed by atoms with Crippen molar-refractivity contribution in [2.45, 2.75) is 37.9 Å². The summed E-state index contributed by atoms with van der Waals surface area (Å²) in [5, 5.41) is 3.65. The first kappa shape index (κ1) is 11.6. The van der Waals surface area contributed by atoms with Gasteiger partial charge >= 0.3 is 0 Å². The van der Waals surface area contributed by atoms with Crippen molar-refractivity contribution >= 4 is 11.9 Å². The predicted octanol–water partition coefficient (Wildman–Crippen LogP) is -0.638. The van der Waals surface area contributed by atoms with E-state index in [0.29, 0.717) is 24.5 Å². The molecule has 0 spiro atoms. The Hall–Kier alpha value is -1.47. The molecule has 2 bridgehead atoms. The second-order valence-electron chi connectivity index (χ2n) is 5.13. The number of hydrogen-bond donors (Lipinski definition) is 3. The van der Waals surface area contributed by atoms with Gasteiger partial charge < -0.3 is 16.8 Å². The molecule has 1 aromatic heterocycles. The van der Waals surface area contributed by atoms with E-state index in [0.717, 1.165) is 13.1 Å². The fourth-order valence-corrected chi connectivity index (χ4v) is 2.89. The van der Waals surface area contributed by atoms with Crippen LogP contribution in [0.4, 0.5) is 11.9 Å². The van der Waals surface area contributed by atoms with Gasteiger partial charge in [-0.05, 0) is 19.3 Å². The number of anilines is 2. The van der Waals surface area contributed by atoms with Gasteiger partial charge in [-0.3, -0.25) is 4.90 Å². The lowest BCUT2D eigenvalue weighted by molar-refractivity contribution is 0.245. The molecule has 2 aliphatic rings. The molecule has 3 rings (SSSR count). The Morgan fingerprint density at radius 3 is 2.56 bits per heavy atom. The maximum Gasteiger partial charge on any atom is 0.225 e. The molecular weight excluding hydrogens is 230 g/mol. The minimum atomic E-state index is 0.201. The van der Waals surface area contributed by atoms with Crippen LogP contribution >= 0.6 is 0 Å². The first-order valence-corrected chi connectivity index (χ1v) is 6.43. The second kappa shape index (κ2) is 4.66. The maximum atomic E-state index is 5.58. The van der Waals surface area contributed by atoms with Crippen molar-refractivity contribution in [1.29, 1.82) is 0 Å². The number of nitrogens with one attached hydrogen (secondary N) is 1. The molecule has 0 aliphatic carbocycles. The van der Waals surface area contributed by atoms with Crippen LogP contribution in [0.25, 0.3) is 0 Å². The van der Waals surface area contributed by atoms with Crippen LogP contribution in [-0.2, 0) is 6.54 Å². The lowest BCUT2D eigenvalue weighted by Gasteiger charge is -2.23. The van der Waals surface area contributed by atoms with Crippen molar-refractivity contribution in [3.63, 3.8) is 0 Å². The third-order valence-electron chi connectivity index (χ3n) is 3.69. The average molecular weight is 249 g/mol. The molecule has 0 saturated carbocycles. The van der Waals surface area contributed by atoms with E-state index in [1.54, 1.807) is 0 Å². The zero-order valence-corrected chi connectivity index (χ0v) is 10.3. The predicted molar refractivity (Wildman–Crippen MR) is 68.5 cm³/mol. The largest absolute Gasteiger partial charge is 0.368 e. The van der Waals surface area contributed by atoms with Crippen molar-refractivity contribution in [3.8, 4) is 0 Å².